The Bertz CT molecular complexity index is 1030. The summed E-state index contributed by atoms with van der Waals surface area (Å²) in [5, 5.41) is 5.65. The average Bonchev–Trinajstić information content (AvgIpc) is 3.22. The Morgan fingerprint density at radius 1 is 1.13 bits per heavy atom. The lowest BCUT2D eigenvalue weighted by molar-refractivity contribution is -0.134. The van der Waals surface area contributed by atoms with Gasteiger partial charge in [-0.25, -0.2) is 0 Å². The Hall–Kier alpha value is -2.63. The number of nitrogens with zero attached hydrogens (tertiary/aromatic N) is 1. The SMILES string of the molecule is CC(=O)N[C@@H](CC(=O)N1CCc2sccc2[C@H]1c1ccccc1)c1ccc(Cl)cc1. The highest BCUT2D eigenvalue weighted by Gasteiger charge is 2.33. The van der Waals surface area contributed by atoms with Gasteiger partial charge in [0.25, 0.3) is 0 Å². The van der Waals surface area contributed by atoms with Gasteiger partial charge in [-0.3, -0.25) is 9.59 Å². The summed E-state index contributed by atoms with van der Waals surface area (Å²) in [6.07, 6.45) is 1.05. The summed E-state index contributed by atoms with van der Waals surface area (Å²) in [5.74, 6) is -0.143. The van der Waals surface area contributed by atoms with Crippen LogP contribution in [0.25, 0.3) is 0 Å². The van der Waals surface area contributed by atoms with Crippen molar-refractivity contribution in [1.29, 1.82) is 0 Å². The third-order valence-corrected chi connectivity index (χ3v) is 6.68. The number of hydrogen-bond donors (Lipinski definition) is 1. The van der Waals surface area contributed by atoms with Gasteiger partial charge in [-0.2, -0.15) is 0 Å². The molecule has 1 aromatic heterocycles. The normalized spacial score (nSPS) is 16.6. The lowest BCUT2D eigenvalue weighted by atomic mass is 9.92. The molecule has 1 N–H and O–H groups in total. The number of rotatable bonds is 5. The number of thiophene rings is 1. The molecule has 0 spiro atoms. The second-order valence-corrected chi connectivity index (χ2v) is 8.90. The van der Waals surface area contributed by atoms with Crippen LogP contribution in [0, 0.1) is 0 Å². The van der Waals surface area contributed by atoms with Crippen LogP contribution in [0.5, 0.6) is 0 Å². The molecule has 2 aromatic carbocycles. The van der Waals surface area contributed by atoms with Crippen LogP contribution in [0.3, 0.4) is 0 Å². The molecule has 6 heteroatoms. The molecular formula is C24H23ClN2O2S. The third kappa shape index (κ3) is 4.42. The van der Waals surface area contributed by atoms with Crippen molar-refractivity contribution in [1.82, 2.24) is 10.2 Å². The quantitative estimate of drug-likeness (QED) is 0.599. The van der Waals surface area contributed by atoms with Gasteiger partial charge < -0.3 is 10.2 Å². The number of fused-ring (bicyclic) bond motifs is 1. The van der Waals surface area contributed by atoms with E-state index in [4.69, 9.17) is 11.6 Å². The standard InChI is InChI=1S/C24H23ClN2O2S/c1-16(28)26-21(17-7-9-19(25)10-8-17)15-23(29)27-13-11-22-20(12-14-30-22)24(27)18-5-3-2-4-6-18/h2-10,12,14,21,24H,11,13,15H2,1H3,(H,26,28)/t21-,24+/m0/s1. The molecule has 4 nitrogen and oxygen atoms in total. The molecule has 0 unspecified atom stereocenters. The molecule has 4 rings (SSSR count). The molecule has 30 heavy (non-hydrogen) atoms. The monoisotopic (exact) mass is 438 g/mol. The maximum absolute atomic E-state index is 13.5. The van der Waals surface area contributed by atoms with Gasteiger partial charge in [0.15, 0.2) is 0 Å². The van der Waals surface area contributed by atoms with Gasteiger partial charge in [0.2, 0.25) is 11.8 Å². The van der Waals surface area contributed by atoms with E-state index < -0.39 is 6.04 Å². The van der Waals surface area contributed by atoms with Crippen LogP contribution in [0.4, 0.5) is 0 Å². The van der Waals surface area contributed by atoms with Crippen LogP contribution in [-0.4, -0.2) is 23.3 Å². The predicted octanol–water partition coefficient (Wildman–Crippen LogP) is 5.14. The van der Waals surface area contributed by atoms with Gasteiger partial charge >= 0.3 is 0 Å². The van der Waals surface area contributed by atoms with E-state index in [9.17, 15) is 9.59 Å². The summed E-state index contributed by atoms with van der Waals surface area (Å²) in [4.78, 5) is 28.6. The van der Waals surface area contributed by atoms with Gasteiger partial charge in [0, 0.05) is 23.4 Å². The molecule has 0 fully saturated rings. The Morgan fingerprint density at radius 2 is 1.87 bits per heavy atom. The molecule has 2 heterocycles. The Balaban J connectivity index is 1.63. The maximum atomic E-state index is 13.5. The van der Waals surface area contributed by atoms with Crippen LogP contribution in [-0.2, 0) is 16.0 Å². The summed E-state index contributed by atoms with van der Waals surface area (Å²) in [7, 11) is 0. The lowest BCUT2D eigenvalue weighted by Gasteiger charge is -2.37. The van der Waals surface area contributed by atoms with E-state index in [1.165, 1.54) is 17.4 Å². The van der Waals surface area contributed by atoms with E-state index in [0.717, 1.165) is 17.5 Å². The predicted molar refractivity (Wildman–Crippen MR) is 121 cm³/mol. The molecule has 0 radical (unpaired) electrons. The maximum Gasteiger partial charge on any atom is 0.225 e. The number of amides is 2. The number of carbonyl (C=O) groups is 2. The molecule has 3 aromatic rings. The molecule has 2 atom stereocenters. The van der Waals surface area contributed by atoms with E-state index in [2.05, 4.69) is 28.9 Å². The van der Waals surface area contributed by atoms with Gasteiger partial charge in [0.1, 0.15) is 0 Å². The zero-order valence-electron chi connectivity index (χ0n) is 16.7. The Kier molecular flexibility index (Phi) is 6.21. The van der Waals surface area contributed by atoms with E-state index in [1.54, 1.807) is 23.5 Å². The van der Waals surface area contributed by atoms with E-state index in [-0.39, 0.29) is 24.3 Å². The van der Waals surface area contributed by atoms with Crippen molar-refractivity contribution >= 4 is 34.8 Å². The topological polar surface area (TPSA) is 49.4 Å². The zero-order valence-corrected chi connectivity index (χ0v) is 18.2. The highest BCUT2D eigenvalue weighted by Crippen LogP contribution is 2.38. The molecule has 0 saturated carbocycles. The number of hydrogen-bond acceptors (Lipinski definition) is 3. The van der Waals surface area contributed by atoms with Crippen molar-refractivity contribution in [2.45, 2.75) is 31.8 Å². The van der Waals surface area contributed by atoms with Crippen molar-refractivity contribution in [3.8, 4) is 0 Å². The molecule has 0 saturated heterocycles. The molecule has 154 valence electrons. The highest BCUT2D eigenvalue weighted by atomic mass is 35.5. The smallest absolute Gasteiger partial charge is 0.225 e. The minimum Gasteiger partial charge on any atom is -0.349 e. The largest absolute Gasteiger partial charge is 0.349 e. The van der Waals surface area contributed by atoms with Crippen molar-refractivity contribution in [2.24, 2.45) is 0 Å². The van der Waals surface area contributed by atoms with Crippen molar-refractivity contribution in [3.63, 3.8) is 0 Å². The lowest BCUT2D eigenvalue weighted by Crippen LogP contribution is -2.42. The molecule has 0 bridgehead atoms. The van der Waals surface area contributed by atoms with Crippen LogP contribution < -0.4 is 5.32 Å². The molecule has 1 aliphatic rings. The highest BCUT2D eigenvalue weighted by molar-refractivity contribution is 7.10. The summed E-state index contributed by atoms with van der Waals surface area (Å²) in [6, 6.07) is 19.1. The fourth-order valence-electron chi connectivity index (χ4n) is 4.06. The average molecular weight is 439 g/mol. The molecule has 0 aliphatic carbocycles. The fraction of sp³-hybridized carbons (Fsp3) is 0.250. The number of benzene rings is 2. The van der Waals surface area contributed by atoms with E-state index in [0.29, 0.717) is 11.6 Å². The molecular weight excluding hydrogens is 416 g/mol. The summed E-state index contributed by atoms with van der Waals surface area (Å²) in [6.45, 7) is 2.14. The third-order valence-electron chi connectivity index (χ3n) is 5.43. The summed E-state index contributed by atoms with van der Waals surface area (Å²) < 4.78 is 0. The second-order valence-electron chi connectivity index (χ2n) is 7.46. The molecule has 2 amide bonds. The zero-order chi connectivity index (χ0) is 21.1. The number of nitrogens with one attached hydrogen (secondary N) is 1. The Labute approximate surface area is 185 Å². The minimum atomic E-state index is -0.396. The van der Waals surface area contributed by atoms with Gasteiger partial charge in [-0.15, -0.1) is 11.3 Å². The Morgan fingerprint density at radius 3 is 2.57 bits per heavy atom. The van der Waals surface area contributed by atoms with Crippen molar-refractivity contribution in [3.05, 3.63) is 92.6 Å². The van der Waals surface area contributed by atoms with Crippen LogP contribution in [0.2, 0.25) is 5.02 Å². The molecule has 1 aliphatic heterocycles. The first-order chi connectivity index (χ1) is 14.5. The first-order valence-electron chi connectivity index (χ1n) is 9.96. The van der Waals surface area contributed by atoms with E-state index >= 15 is 0 Å². The minimum absolute atomic E-state index is 0.0226. The first-order valence-corrected chi connectivity index (χ1v) is 11.2. The number of halogens is 1. The number of carbonyl (C=O) groups excluding carboxylic acids is 2. The summed E-state index contributed by atoms with van der Waals surface area (Å²) in [5.41, 5.74) is 3.17. The van der Waals surface area contributed by atoms with Crippen molar-refractivity contribution in [2.75, 3.05) is 6.54 Å². The van der Waals surface area contributed by atoms with Gasteiger partial charge in [-0.1, -0.05) is 54.1 Å². The van der Waals surface area contributed by atoms with Gasteiger partial charge in [0.05, 0.1) is 18.5 Å². The first kappa shape index (κ1) is 20.6. The van der Waals surface area contributed by atoms with E-state index in [1.807, 2.05) is 35.2 Å². The van der Waals surface area contributed by atoms with Gasteiger partial charge in [-0.05, 0) is 46.7 Å². The van der Waals surface area contributed by atoms with Crippen LogP contribution >= 0.6 is 22.9 Å². The van der Waals surface area contributed by atoms with Crippen LogP contribution in [0.15, 0.2) is 66.0 Å². The fourth-order valence-corrected chi connectivity index (χ4v) is 5.09. The summed E-state index contributed by atoms with van der Waals surface area (Å²) >= 11 is 7.76. The second kappa shape index (κ2) is 9.02. The van der Waals surface area contributed by atoms with Crippen molar-refractivity contribution < 1.29 is 9.59 Å². The van der Waals surface area contributed by atoms with Crippen LogP contribution in [0.1, 0.15) is 47.0 Å².